The molecule has 3 aromatic rings. The van der Waals surface area contributed by atoms with E-state index in [1.54, 1.807) is 11.3 Å². The standard InChI is InChI=1S/C16H12N2S/c1-10-8-9-19-15(10)16-17-12-6-2-4-11-5-3-7-13(18-16)14(11)12/h2-9H,1H3,(H,17,18). The Morgan fingerprint density at radius 3 is 2.68 bits per heavy atom. The van der Waals surface area contributed by atoms with Crippen molar-refractivity contribution in [2.24, 2.45) is 4.99 Å². The van der Waals surface area contributed by atoms with Crippen LogP contribution in [-0.4, -0.2) is 5.84 Å². The fourth-order valence-electron chi connectivity index (χ4n) is 2.52. The van der Waals surface area contributed by atoms with Gasteiger partial charge in [0, 0.05) is 11.1 Å². The van der Waals surface area contributed by atoms with Gasteiger partial charge in [-0.2, -0.15) is 0 Å². The van der Waals surface area contributed by atoms with E-state index in [-0.39, 0.29) is 0 Å². The molecule has 1 N–H and O–H groups in total. The first-order valence-electron chi connectivity index (χ1n) is 6.25. The van der Waals surface area contributed by atoms with E-state index in [0.29, 0.717) is 0 Å². The molecule has 1 aromatic heterocycles. The number of thiophene rings is 1. The van der Waals surface area contributed by atoms with E-state index in [9.17, 15) is 0 Å². The van der Waals surface area contributed by atoms with Crippen molar-refractivity contribution < 1.29 is 0 Å². The zero-order chi connectivity index (χ0) is 12.8. The number of rotatable bonds is 1. The molecule has 0 atom stereocenters. The van der Waals surface area contributed by atoms with Crippen molar-refractivity contribution in [1.29, 1.82) is 0 Å². The molecule has 4 rings (SSSR count). The third-order valence-corrected chi connectivity index (χ3v) is 4.47. The van der Waals surface area contributed by atoms with Gasteiger partial charge in [0.05, 0.1) is 10.6 Å². The molecule has 0 spiro atoms. The molecule has 0 saturated carbocycles. The van der Waals surface area contributed by atoms with Gasteiger partial charge >= 0.3 is 0 Å². The van der Waals surface area contributed by atoms with Crippen molar-refractivity contribution >= 4 is 39.3 Å². The number of anilines is 1. The molecule has 0 saturated heterocycles. The highest BCUT2D eigenvalue weighted by atomic mass is 32.1. The van der Waals surface area contributed by atoms with Crippen LogP contribution < -0.4 is 5.32 Å². The second-order valence-corrected chi connectivity index (χ2v) is 5.62. The normalized spacial score (nSPS) is 13.2. The average Bonchev–Trinajstić information content (AvgIpc) is 2.85. The van der Waals surface area contributed by atoms with E-state index in [1.165, 1.54) is 21.2 Å². The highest BCUT2D eigenvalue weighted by Crippen LogP contribution is 2.37. The van der Waals surface area contributed by atoms with Gasteiger partial charge in [0.25, 0.3) is 0 Å². The number of aryl methyl sites for hydroxylation is 1. The van der Waals surface area contributed by atoms with E-state index in [4.69, 9.17) is 4.99 Å². The van der Waals surface area contributed by atoms with Gasteiger partial charge in [-0.15, -0.1) is 11.3 Å². The molecule has 3 heteroatoms. The van der Waals surface area contributed by atoms with E-state index < -0.39 is 0 Å². The molecule has 0 amide bonds. The molecule has 1 aliphatic heterocycles. The molecular formula is C16H12N2S. The molecule has 0 fully saturated rings. The molecule has 0 unspecified atom stereocenters. The average molecular weight is 264 g/mol. The molecule has 2 nitrogen and oxygen atoms in total. The first-order chi connectivity index (χ1) is 9.33. The molecule has 0 aliphatic carbocycles. The Morgan fingerprint density at radius 2 is 1.89 bits per heavy atom. The van der Waals surface area contributed by atoms with Gasteiger partial charge in [-0.1, -0.05) is 24.3 Å². The number of nitrogens with one attached hydrogen (secondary N) is 1. The van der Waals surface area contributed by atoms with Crippen LogP contribution >= 0.6 is 11.3 Å². The monoisotopic (exact) mass is 264 g/mol. The highest BCUT2D eigenvalue weighted by Gasteiger charge is 2.17. The topological polar surface area (TPSA) is 24.4 Å². The van der Waals surface area contributed by atoms with E-state index in [2.05, 4.69) is 60.1 Å². The minimum Gasteiger partial charge on any atom is -0.338 e. The van der Waals surface area contributed by atoms with Crippen LogP contribution in [0.3, 0.4) is 0 Å². The van der Waals surface area contributed by atoms with Crippen molar-refractivity contribution in [3.05, 3.63) is 58.3 Å². The second kappa shape index (κ2) is 3.93. The largest absolute Gasteiger partial charge is 0.338 e. The number of benzene rings is 2. The Balaban J connectivity index is 1.99. The fraction of sp³-hybridized carbons (Fsp3) is 0.0625. The number of hydrogen-bond acceptors (Lipinski definition) is 3. The summed E-state index contributed by atoms with van der Waals surface area (Å²) in [6, 6.07) is 14.7. The Kier molecular flexibility index (Phi) is 2.23. The van der Waals surface area contributed by atoms with E-state index >= 15 is 0 Å². The fourth-order valence-corrected chi connectivity index (χ4v) is 3.39. The first kappa shape index (κ1) is 10.8. The predicted molar refractivity (Wildman–Crippen MR) is 82.8 cm³/mol. The van der Waals surface area contributed by atoms with Crippen LogP contribution in [0.5, 0.6) is 0 Å². The summed E-state index contributed by atoms with van der Waals surface area (Å²) < 4.78 is 0. The Labute approximate surface area is 115 Å². The quantitative estimate of drug-likeness (QED) is 0.676. The van der Waals surface area contributed by atoms with Crippen LogP contribution in [-0.2, 0) is 0 Å². The molecule has 19 heavy (non-hydrogen) atoms. The third kappa shape index (κ3) is 1.59. The Bertz CT molecular complexity index is 809. The van der Waals surface area contributed by atoms with Crippen molar-refractivity contribution in [3.63, 3.8) is 0 Å². The summed E-state index contributed by atoms with van der Waals surface area (Å²) >= 11 is 1.73. The summed E-state index contributed by atoms with van der Waals surface area (Å²) in [5.74, 6) is 0.957. The maximum Gasteiger partial charge on any atom is 0.148 e. The van der Waals surface area contributed by atoms with Gasteiger partial charge in [0.1, 0.15) is 5.84 Å². The SMILES string of the molecule is Cc1ccsc1C1=Nc2cccc3cccc(c23)N1. The zero-order valence-electron chi connectivity index (χ0n) is 10.5. The summed E-state index contributed by atoms with van der Waals surface area (Å²) in [6.45, 7) is 2.12. The minimum absolute atomic E-state index is 0.957. The summed E-state index contributed by atoms with van der Waals surface area (Å²) in [5.41, 5.74) is 3.46. The maximum absolute atomic E-state index is 4.78. The smallest absolute Gasteiger partial charge is 0.148 e. The van der Waals surface area contributed by atoms with Gasteiger partial charge in [-0.05, 0) is 41.5 Å². The molecule has 2 aromatic carbocycles. The van der Waals surface area contributed by atoms with Crippen molar-refractivity contribution in [2.75, 3.05) is 5.32 Å². The Hall–Kier alpha value is -2.13. The van der Waals surface area contributed by atoms with E-state index in [0.717, 1.165) is 17.2 Å². The molecule has 0 bridgehead atoms. The molecule has 0 radical (unpaired) electrons. The van der Waals surface area contributed by atoms with Gasteiger partial charge in [-0.3, -0.25) is 0 Å². The van der Waals surface area contributed by atoms with Crippen LogP contribution in [0.15, 0.2) is 52.8 Å². The van der Waals surface area contributed by atoms with Gasteiger partial charge in [-0.25, -0.2) is 4.99 Å². The number of nitrogens with zero attached hydrogens (tertiary/aromatic N) is 1. The number of amidine groups is 1. The van der Waals surface area contributed by atoms with Crippen LogP contribution in [0, 0.1) is 6.92 Å². The number of hydrogen-bond donors (Lipinski definition) is 1. The van der Waals surface area contributed by atoms with Crippen molar-refractivity contribution in [1.82, 2.24) is 0 Å². The van der Waals surface area contributed by atoms with Gasteiger partial charge in [0.2, 0.25) is 0 Å². The third-order valence-electron chi connectivity index (χ3n) is 3.45. The molecule has 92 valence electrons. The zero-order valence-corrected chi connectivity index (χ0v) is 11.3. The van der Waals surface area contributed by atoms with Gasteiger partial charge < -0.3 is 5.32 Å². The van der Waals surface area contributed by atoms with Crippen LogP contribution in [0.1, 0.15) is 10.4 Å². The highest BCUT2D eigenvalue weighted by molar-refractivity contribution is 7.12. The summed E-state index contributed by atoms with van der Waals surface area (Å²) in [4.78, 5) is 6.00. The van der Waals surface area contributed by atoms with Crippen molar-refractivity contribution in [2.45, 2.75) is 6.92 Å². The molecule has 1 aliphatic rings. The lowest BCUT2D eigenvalue weighted by Gasteiger charge is -2.18. The summed E-state index contributed by atoms with van der Waals surface area (Å²) in [5, 5.41) is 8.01. The van der Waals surface area contributed by atoms with Crippen LogP contribution in [0.2, 0.25) is 0 Å². The second-order valence-electron chi connectivity index (χ2n) is 4.70. The lowest BCUT2D eigenvalue weighted by Crippen LogP contribution is -2.15. The molecule has 2 heterocycles. The molecular weight excluding hydrogens is 252 g/mol. The lowest BCUT2D eigenvalue weighted by molar-refractivity contribution is 1.45. The Morgan fingerprint density at radius 1 is 1.05 bits per heavy atom. The predicted octanol–water partition coefficient (Wildman–Crippen LogP) is 4.71. The van der Waals surface area contributed by atoms with Crippen LogP contribution in [0.25, 0.3) is 10.8 Å². The van der Waals surface area contributed by atoms with E-state index in [1.807, 2.05) is 0 Å². The summed E-state index contributed by atoms with van der Waals surface area (Å²) in [6.07, 6.45) is 0. The lowest BCUT2D eigenvalue weighted by atomic mass is 10.1. The minimum atomic E-state index is 0.957. The van der Waals surface area contributed by atoms with Crippen molar-refractivity contribution in [3.8, 4) is 0 Å². The first-order valence-corrected chi connectivity index (χ1v) is 7.13. The summed E-state index contributed by atoms with van der Waals surface area (Å²) in [7, 11) is 0. The maximum atomic E-state index is 4.78. The van der Waals surface area contributed by atoms with Crippen LogP contribution in [0.4, 0.5) is 11.4 Å². The van der Waals surface area contributed by atoms with Gasteiger partial charge in [0.15, 0.2) is 0 Å². The number of aliphatic imine (C=N–C) groups is 1.